The van der Waals surface area contributed by atoms with Gasteiger partial charge in [-0.2, -0.15) is 0 Å². The molecule has 0 fully saturated rings. The van der Waals surface area contributed by atoms with Crippen LogP contribution in [0.3, 0.4) is 0 Å². The second-order valence-electron chi connectivity index (χ2n) is 6.70. The van der Waals surface area contributed by atoms with Crippen LogP contribution in [0.4, 0.5) is 11.6 Å². The van der Waals surface area contributed by atoms with Crippen molar-refractivity contribution in [2.24, 2.45) is 28.2 Å². The lowest BCUT2D eigenvalue weighted by Crippen LogP contribution is -2.44. The summed E-state index contributed by atoms with van der Waals surface area (Å²) in [5.41, 5.74) is 9.94. The molecule has 0 aliphatic carbocycles. The summed E-state index contributed by atoms with van der Waals surface area (Å²) in [5.74, 6) is -1.33. The Kier molecular flexibility index (Phi) is 4.74. The molecule has 29 heavy (non-hydrogen) atoms. The maximum absolute atomic E-state index is 13.0. The van der Waals surface area contributed by atoms with Crippen molar-refractivity contribution in [3.05, 3.63) is 82.9 Å². The fourth-order valence-electron chi connectivity index (χ4n) is 3.30. The normalized spacial score (nSPS) is 11.2. The third-order valence-electron chi connectivity index (χ3n) is 5.05. The van der Waals surface area contributed by atoms with Gasteiger partial charge in [-0.05, 0) is 12.1 Å². The van der Waals surface area contributed by atoms with Gasteiger partial charge in [0.15, 0.2) is 0 Å². The zero-order chi connectivity index (χ0) is 21.6. The largest absolute Gasteiger partial charge is 0.385 e. The summed E-state index contributed by atoms with van der Waals surface area (Å²) < 4.78 is 4.00. The predicted octanol–water partition coefficient (Wildman–Crippen LogP) is -1.78. The molecule has 0 spiro atoms. The van der Waals surface area contributed by atoms with Crippen LogP contribution in [0.2, 0.25) is 0 Å². The highest BCUT2D eigenvalue weighted by Crippen LogP contribution is 2.31. The van der Waals surface area contributed by atoms with E-state index in [1.54, 1.807) is 18.2 Å². The van der Waals surface area contributed by atoms with Crippen molar-refractivity contribution in [2.45, 2.75) is 5.92 Å². The number of hydrogen-bond acceptors (Lipinski definition) is 7. The van der Waals surface area contributed by atoms with E-state index >= 15 is 0 Å². The number of nitrogens with two attached hydrogens (primary N) is 2. The molecule has 4 N–H and O–H groups in total. The first-order valence-electron chi connectivity index (χ1n) is 8.61. The zero-order valence-electron chi connectivity index (χ0n) is 16.4. The van der Waals surface area contributed by atoms with Gasteiger partial charge in [0, 0.05) is 34.4 Å². The summed E-state index contributed by atoms with van der Waals surface area (Å²) in [4.78, 5) is 54.8. The van der Waals surface area contributed by atoms with E-state index in [-0.39, 0.29) is 22.8 Å². The van der Waals surface area contributed by atoms with E-state index in [4.69, 9.17) is 11.5 Å². The number of aromatic nitrogens is 5. The van der Waals surface area contributed by atoms with E-state index in [9.17, 15) is 19.2 Å². The standard InChI is InChI=1S/C18H21N7O4/c1-22-13(19)11(15(26)24(3)17(22)28)10(9-7-5-6-8-21-9)12-14(20)23(2)18(29)25(4)16(12)27/h5-8,10H,19-20H2,1-4H3. The van der Waals surface area contributed by atoms with Crippen LogP contribution in [0.25, 0.3) is 0 Å². The van der Waals surface area contributed by atoms with Gasteiger partial charge >= 0.3 is 11.4 Å². The smallest absolute Gasteiger partial charge is 0.332 e. The summed E-state index contributed by atoms with van der Waals surface area (Å²) in [6, 6.07) is 4.96. The van der Waals surface area contributed by atoms with E-state index in [1.807, 2.05) is 0 Å². The van der Waals surface area contributed by atoms with Crippen LogP contribution in [-0.2, 0) is 28.2 Å². The summed E-state index contributed by atoms with van der Waals surface area (Å²) >= 11 is 0. The molecule has 11 nitrogen and oxygen atoms in total. The number of anilines is 2. The molecule has 152 valence electrons. The van der Waals surface area contributed by atoms with E-state index in [2.05, 4.69) is 4.98 Å². The summed E-state index contributed by atoms with van der Waals surface area (Å²) in [5, 5.41) is 0. The van der Waals surface area contributed by atoms with Gasteiger partial charge in [-0.3, -0.25) is 32.8 Å². The first-order chi connectivity index (χ1) is 13.6. The maximum atomic E-state index is 13.0. The maximum Gasteiger partial charge on any atom is 0.332 e. The van der Waals surface area contributed by atoms with Gasteiger partial charge in [0.1, 0.15) is 11.6 Å². The first-order valence-corrected chi connectivity index (χ1v) is 8.61. The Labute approximate surface area is 164 Å². The molecule has 3 rings (SSSR count). The number of nitrogens with zero attached hydrogens (tertiary/aromatic N) is 5. The van der Waals surface area contributed by atoms with Gasteiger partial charge in [0.2, 0.25) is 0 Å². The quantitative estimate of drug-likeness (QED) is 0.528. The predicted molar refractivity (Wildman–Crippen MR) is 108 cm³/mol. The van der Waals surface area contributed by atoms with Crippen molar-refractivity contribution < 1.29 is 0 Å². The van der Waals surface area contributed by atoms with E-state index in [1.165, 1.54) is 34.4 Å². The lowest BCUT2D eigenvalue weighted by atomic mass is 9.89. The third-order valence-corrected chi connectivity index (χ3v) is 5.05. The average molecular weight is 399 g/mol. The molecule has 3 heterocycles. The van der Waals surface area contributed by atoms with Crippen molar-refractivity contribution in [3.8, 4) is 0 Å². The van der Waals surface area contributed by atoms with Crippen molar-refractivity contribution >= 4 is 11.6 Å². The molecule has 3 aromatic rings. The highest BCUT2D eigenvalue weighted by molar-refractivity contribution is 5.55. The summed E-state index contributed by atoms with van der Waals surface area (Å²) in [6.07, 6.45) is 1.49. The molecule has 0 radical (unpaired) electrons. The average Bonchev–Trinajstić information content (AvgIpc) is 2.73. The molecule has 0 aliphatic heterocycles. The van der Waals surface area contributed by atoms with Crippen molar-refractivity contribution in [3.63, 3.8) is 0 Å². The Morgan fingerprint density at radius 1 is 0.759 bits per heavy atom. The van der Waals surface area contributed by atoms with E-state index in [0.717, 1.165) is 18.3 Å². The third kappa shape index (κ3) is 2.87. The zero-order valence-corrected chi connectivity index (χ0v) is 16.4. The van der Waals surface area contributed by atoms with Gasteiger partial charge in [0.05, 0.1) is 22.7 Å². The molecular weight excluding hydrogens is 378 g/mol. The second-order valence-corrected chi connectivity index (χ2v) is 6.70. The van der Waals surface area contributed by atoms with Gasteiger partial charge < -0.3 is 11.5 Å². The molecule has 11 heteroatoms. The Hall–Kier alpha value is -3.89. The first kappa shape index (κ1) is 19.9. The lowest BCUT2D eigenvalue weighted by Gasteiger charge is -2.22. The van der Waals surface area contributed by atoms with Crippen molar-refractivity contribution in [1.29, 1.82) is 0 Å². The Balaban J connectivity index is 2.57. The monoisotopic (exact) mass is 399 g/mol. The minimum Gasteiger partial charge on any atom is -0.385 e. The minimum atomic E-state index is -1.09. The lowest BCUT2D eigenvalue weighted by molar-refractivity contribution is 0.651. The van der Waals surface area contributed by atoms with Gasteiger partial charge in [-0.25, -0.2) is 9.59 Å². The van der Waals surface area contributed by atoms with Crippen LogP contribution in [0, 0.1) is 0 Å². The molecule has 0 unspecified atom stereocenters. The van der Waals surface area contributed by atoms with Crippen LogP contribution in [0.1, 0.15) is 22.7 Å². The molecule has 0 atom stereocenters. The molecule has 3 aromatic heterocycles. The Morgan fingerprint density at radius 3 is 1.59 bits per heavy atom. The van der Waals surface area contributed by atoms with E-state index < -0.39 is 28.4 Å². The highest BCUT2D eigenvalue weighted by Gasteiger charge is 2.32. The minimum absolute atomic E-state index is 0.0317. The molecule has 0 amide bonds. The molecule has 0 bridgehead atoms. The van der Waals surface area contributed by atoms with Crippen LogP contribution < -0.4 is 34.0 Å². The summed E-state index contributed by atoms with van der Waals surface area (Å²) in [7, 11) is 5.45. The van der Waals surface area contributed by atoms with E-state index in [0.29, 0.717) is 5.69 Å². The SMILES string of the molecule is Cn1c(N)c(C(c2ccccn2)c2c(N)n(C)c(=O)n(C)c2=O)c(=O)n(C)c1=O. The van der Waals surface area contributed by atoms with Crippen molar-refractivity contribution in [1.82, 2.24) is 23.3 Å². The van der Waals surface area contributed by atoms with Crippen LogP contribution >= 0.6 is 0 Å². The van der Waals surface area contributed by atoms with Crippen LogP contribution in [0.5, 0.6) is 0 Å². The number of nitrogen functional groups attached to an aromatic ring is 2. The molecule has 0 aliphatic rings. The fourth-order valence-corrected chi connectivity index (χ4v) is 3.30. The second kappa shape index (κ2) is 6.93. The van der Waals surface area contributed by atoms with Gasteiger partial charge in [-0.1, -0.05) is 6.07 Å². The molecule has 0 aromatic carbocycles. The Bertz CT molecular complexity index is 1260. The molecule has 0 saturated carbocycles. The fraction of sp³-hybridized carbons (Fsp3) is 0.278. The summed E-state index contributed by atoms with van der Waals surface area (Å²) in [6.45, 7) is 0. The van der Waals surface area contributed by atoms with Crippen molar-refractivity contribution in [2.75, 3.05) is 11.5 Å². The van der Waals surface area contributed by atoms with Crippen LogP contribution in [0.15, 0.2) is 43.6 Å². The number of rotatable bonds is 3. The number of hydrogen-bond donors (Lipinski definition) is 2. The molecular formula is C18H21N7O4. The molecule has 0 saturated heterocycles. The van der Waals surface area contributed by atoms with Gasteiger partial charge in [0.25, 0.3) is 11.1 Å². The van der Waals surface area contributed by atoms with Gasteiger partial charge in [-0.15, -0.1) is 0 Å². The highest BCUT2D eigenvalue weighted by atomic mass is 16.2. The topological polar surface area (TPSA) is 153 Å². The number of pyridine rings is 1. The Morgan fingerprint density at radius 2 is 1.21 bits per heavy atom. The van der Waals surface area contributed by atoms with Crippen LogP contribution in [-0.4, -0.2) is 23.3 Å².